The average molecular weight is 483 g/mol. The Morgan fingerprint density at radius 3 is 1.63 bits per heavy atom. The molecule has 3 nitrogen and oxygen atoms in total. The molecule has 0 aliphatic heterocycles. The Bertz CT molecular complexity index is 1100. The molecular weight excluding hydrogens is 452 g/mol. The number of hydrogen-bond acceptors (Lipinski definition) is 4. The van der Waals surface area contributed by atoms with Crippen molar-refractivity contribution in [3.63, 3.8) is 0 Å². The fourth-order valence-corrected chi connectivity index (χ4v) is 5.67. The molecule has 0 saturated heterocycles. The lowest BCUT2D eigenvalue weighted by Gasteiger charge is -2.37. The van der Waals surface area contributed by atoms with Gasteiger partial charge in [-0.2, -0.15) is 0 Å². The van der Waals surface area contributed by atoms with Crippen molar-refractivity contribution in [2.45, 2.75) is 30.5 Å². The largest absolute Gasteiger partial charge is 0.494 e. The molecule has 0 N–H and O–H groups in total. The molecule has 4 rings (SSSR count). The lowest BCUT2D eigenvalue weighted by molar-refractivity contribution is -0.143. The van der Waals surface area contributed by atoms with Gasteiger partial charge in [-0.3, -0.25) is 4.79 Å². The van der Waals surface area contributed by atoms with Crippen LogP contribution in [0.3, 0.4) is 0 Å². The second-order valence-corrected chi connectivity index (χ2v) is 9.78. The molecule has 0 aromatic heterocycles. The van der Waals surface area contributed by atoms with E-state index in [1.54, 1.807) is 11.8 Å². The Balaban J connectivity index is 1.62. The minimum Gasteiger partial charge on any atom is -0.494 e. The van der Waals surface area contributed by atoms with Crippen molar-refractivity contribution in [2.75, 3.05) is 6.61 Å². The first-order valence-electron chi connectivity index (χ1n) is 11.9. The third kappa shape index (κ3) is 5.77. The summed E-state index contributed by atoms with van der Waals surface area (Å²) in [6, 6.07) is 38.8. The highest BCUT2D eigenvalue weighted by atomic mass is 32.2. The predicted octanol–water partition coefficient (Wildman–Crippen LogP) is 7.24. The summed E-state index contributed by atoms with van der Waals surface area (Å²) in [7, 11) is 0. The van der Waals surface area contributed by atoms with Gasteiger partial charge in [0, 0.05) is 0 Å². The van der Waals surface area contributed by atoms with Gasteiger partial charge < -0.3 is 9.47 Å². The van der Waals surface area contributed by atoms with Crippen LogP contribution in [-0.4, -0.2) is 17.8 Å². The summed E-state index contributed by atoms with van der Waals surface area (Å²) in [6.07, 6.45) is 0. The van der Waals surface area contributed by atoms with Gasteiger partial charge >= 0.3 is 5.97 Å². The van der Waals surface area contributed by atoms with Gasteiger partial charge in [0.25, 0.3) is 0 Å². The van der Waals surface area contributed by atoms with Gasteiger partial charge in [-0.25, -0.2) is 0 Å². The van der Waals surface area contributed by atoms with Crippen LogP contribution in [-0.2, 0) is 20.9 Å². The number of ether oxygens (including phenoxy) is 2. The van der Waals surface area contributed by atoms with Gasteiger partial charge in [-0.15, -0.1) is 11.8 Å². The van der Waals surface area contributed by atoms with Gasteiger partial charge in [0.15, 0.2) is 0 Å². The minimum atomic E-state index is -0.568. The Morgan fingerprint density at radius 2 is 1.20 bits per heavy atom. The Kier molecular flexibility index (Phi) is 8.27. The maximum absolute atomic E-state index is 13.2. The molecule has 0 radical (unpaired) electrons. The van der Waals surface area contributed by atoms with Gasteiger partial charge in [-0.1, -0.05) is 103 Å². The van der Waals surface area contributed by atoms with E-state index in [1.165, 1.54) is 0 Å². The van der Waals surface area contributed by atoms with Crippen molar-refractivity contribution < 1.29 is 14.3 Å². The van der Waals surface area contributed by atoms with E-state index in [0.29, 0.717) is 6.61 Å². The number of hydrogen-bond donors (Lipinski definition) is 0. The molecule has 35 heavy (non-hydrogen) atoms. The van der Waals surface area contributed by atoms with Gasteiger partial charge in [0.2, 0.25) is 0 Å². The van der Waals surface area contributed by atoms with Crippen molar-refractivity contribution >= 4 is 17.7 Å². The van der Waals surface area contributed by atoms with Crippen molar-refractivity contribution in [1.29, 1.82) is 0 Å². The molecule has 0 saturated carbocycles. The number of rotatable bonds is 10. The number of esters is 1. The van der Waals surface area contributed by atoms with Gasteiger partial charge in [0.1, 0.15) is 17.6 Å². The molecule has 178 valence electrons. The molecule has 0 aliphatic rings. The van der Waals surface area contributed by atoms with E-state index in [9.17, 15) is 4.79 Å². The first-order valence-corrected chi connectivity index (χ1v) is 12.7. The number of carbonyl (C=O) groups excluding carboxylic acids is 1. The van der Waals surface area contributed by atoms with Crippen LogP contribution in [0.5, 0.6) is 5.75 Å². The van der Waals surface area contributed by atoms with E-state index in [-0.39, 0.29) is 12.6 Å². The highest BCUT2D eigenvalue weighted by molar-refractivity contribution is 8.01. The van der Waals surface area contributed by atoms with Crippen LogP contribution in [0.4, 0.5) is 0 Å². The van der Waals surface area contributed by atoms with Crippen LogP contribution < -0.4 is 4.74 Å². The zero-order valence-electron chi connectivity index (χ0n) is 20.1. The van der Waals surface area contributed by atoms with E-state index in [0.717, 1.165) is 28.0 Å². The fraction of sp³-hybridized carbons (Fsp3) is 0.194. The second kappa shape index (κ2) is 11.8. The van der Waals surface area contributed by atoms with E-state index in [2.05, 4.69) is 36.4 Å². The fourth-order valence-electron chi connectivity index (χ4n) is 4.16. The quantitative estimate of drug-likeness (QED) is 0.176. The minimum absolute atomic E-state index is 0.227. The van der Waals surface area contributed by atoms with Crippen LogP contribution in [0.1, 0.15) is 36.1 Å². The van der Waals surface area contributed by atoms with E-state index in [1.807, 2.05) is 92.7 Å². The number of carbonyl (C=O) groups is 1. The molecule has 0 bridgehead atoms. The van der Waals surface area contributed by atoms with E-state index >= 15 is 0 Å². The zero-order chi connectivity index (χ0) is 24.5. The third-order valence-electron chi connectivity index (χ3n) is 5.84. The molecule has 1 atom stereocenters. The summed E-state index contributed by atoms with van der Waals surface area (Å²) in [4.78, 5) is 13.2. The first-order chi connectivity index (χ1) is 17.1. The summed E-state index contributed by atoms with van der Waals surface area (Å²) in [5, 5.41) is -0.404. The Morgan fingerprint density at radius 1 is 0.743 bits per heavy atom. The molecule has 4 aromatic carbocycles. The van der Waals surface area contributed by atoms with E-state index in [4.69, 9.17) is 9.47 Å². The molecule has 0 unspecified atom stereocenters. The smallest absolute Gasteiger partial charge is 0.319 e. The summed E-state index contributed by atoms with van der Waals surface area (Å²) < 4.78 is 10.7. The van der Waals surface area contributed by atoms with Crippen LogP contribution in [0.15, 0.2) is 115 Å². The van der Waals surface area contributed by atoms with Crippen LogP contribution in [0.25, 0.3) is 0 Å². The van der Waals surface area contributed by atoms with Gasteiger partial charge in [-0.05, 0) is 48.2 Å². The van der Waals surface area contributed by atoms with Crippen LogP contribution in [0.2, 0.25) is 0 Å². The molecule has 0 aliphatic carbocycles. The lowest BCUT2D eigenvalue weighted by Crippen LogP contribution is -2.31. The molecule has 0 spiro atoms. The first kappa shape index (κ1) is 24.6. The normalized spacial score (nSPS) is 12.1. The Hall–Kier alpha value is -3.50. The maximum Gasteiger partial charge on any atom is 0.319 e. The molecular formula is C31H30O3S. The average Bonchev–Trinajstić information content (AvgIpc) is 2.92. The van der Waals surface area contributed by atoms with Gasteiger partial charge in [0.05, 0.1) is 11.4 Å². The highest BCUT2D eigenvalue weighted by Gasteiger charge is 2.40. The number of thioether (sulfide) groups is 1. The topological polar surface area (TPSA) is 35.5 Å². The molecule has 4 heteroatoms. The monoisotopic (exact) mass is 482 g/mol. The van der Waals surface area contributed by atoms with Crippen LogP contribution in [0, 0.1) is 0 Å². The standard InChI is InChI=1S/C31H30O3S/c1-3-33-29-21-19-25(20-22-29)23-34-30(32)24(2)35-31(26-13-7-4-8-14-26,27-15-9-5-10-16-27)28-17-11-6-12-18-28/h4-22,24H,3,23H2,1-2H3/t24-/m1/s1. The highest BCUT2D eigenvalue weighted by Crippen LogP contribution is 2.50. The van der Waals surface area contributed by atoms with E-state index < -0.39 is 10.00 Å². The van der Waals surface area contributed by atoms with Crippen LogP contribution >= 0.6 is 11.8 Å². The second-order valence-electron chi connectivity index (χ2n) is 8.22. The third-order valence-corrected chi connectivity index (χ3v) is 7.45. The lowest BCUT2D eigenvalue weighted by atomic mass is 9.84. The molecule has 4 aromatic rings. The van der Waals surface area contributed by atoms with Crippen molar-refractivity contribution in [3.8, 4) is 5.75 Å². The molecule has 0 heterocycles. The predicted molar refractivity (Wildman–Crippen MR) is 144 cm³/mol. The SMILES string of the molecule is CCOc1ccc(COC(=O)[C@@H](C)SC(c2ccccc2)(c2ccccc2)c2ccccc2)cc1. The zero-order valence-corrected chi connectivity index (χ0v) is 20.9. The molecule has 0 fully saturated rings. The summed E-state index contributed by atoms with van der Waals surface area (Å²) in [5.41, 5.74) is 4.29. The molecule has 0 amide bonds. The maximum atomic E-state index is 13.2. The van der Waals surface area contributed by atoms with Crippen molar-refractivity contribution in [3.05, 3.63) is 138 Å². The van der Waals surface area contributed by atoms with Crippen molar-refractivity contribution in [1.82, 2.24) is 0 Å². The number of benzene rings is 4. The summed E-state index contributed by atoms with van der Waals surface area (Å²) in [6.45, 7) is 4.73. The summed E-state index contributed by atoms with van der Waals surface area (Å²) in [5.74, 6) is 0.570. The Labute approximate surface area is 212 Å². The van der Waals surface area contributed by atoms with Crippen molar-refractivity contribution in [2.24, 2.45) is 0 Å². The summed E-state index contributed by atoms with van der Waals surface area (Å²) >= 11 is 1.61.